The van der Waals surface area contributed by atoms with Crippen molar-refractivity contribution >= 4 is 22.6 Å². The lowest BCUT2D eigenvalue weighted by Gasteiger charge is -2.29. The maximum absolute atomic E-state index is 14.7. The highest BCUT2D eigenvalue weighted by Gasteiger charge is 2.37. The summed E-state index contributed by atoms with van der Waals surface area (Å²) < 4.78 is 61.5. The van der Waals surface area contributed by atoms with Crippen LogP contribution in [0.25, 0.3) is 22.1 Å². The number of amides is 1. The second kappa shape index (κ2) is 8.55. The second-order valence-corrected chi connectivity index (χ2v) is 8.35. The Hall–Kier alpha value is -3.75. The number of hydrogen-bond acceptors (Lipinski definition) is 4. The van der Waals surface area contributed by atoms with E-state index in [1.54, 1.807) is 24.3 Å². The van der Waals surface area contributed by atoms with E-state index < -0.39 is 23.5 Å². The first-order chi connectivity index (χ1) is 16.3. The molecule has 0 saturated heterocycles. The van der Waals surface area contributed by atoms with Gasteiger partial charge in [-0.1, -0.05) is 17.3 Å². The van der Waals surface area contributed by atoms with Gasteiger partial charge in [-0.25, -0.2) is 17.6 Å². The van der Waals surface area contributed by atoms with Crippen molar-refractivity contribution in [3.8, 4) is 11.1 Å². The van der Waals surface area contributed by atoms with E-state index in [9.17, 15) is 22.4 Å². The first kappa shape index (κ1) is 22.1. The van der Waals surface area contributed by atoms with Crippen molar-refractivity contribution in [3.05, 3.63) is 77.8 Å². The number of carbonyl (C=O) groups is 1. The average Bonchev–Trinajstić information content (AvgIpc) is 3.25. The Balaban J connectivity index is 1.60. The third kappa shape index (κ3) is 4.13. The zero-order chi connectivity index (χ0) is 23.9. The lowest BCUT2D eigenvalue weighted by Crippen LogP contribution is -2.25. The van der Waals surface area contributed by atoms with Gasteiger partial charge < -0.3 is 9.84 Å². The minimum atomic E-state index is -2.76. The summed E-state index contributed by atoms with van der Waals surface area (Å²) in [5.74, 6) is -5.15. The number of para-hydroxylation sites is 1. The van der Waals surface area contributed by atoms with Crippen molar-refractivity contribution in [1.82, 2.24) is 10.1 Å². The predicted octanol–water partition coefficient (Wildman–Crippen LogP) is 6.71. The van der Waals surface area contributed by atoms with Crippen LogP contribution in [0.15, 0.2) is 59.3 Å². The average molecular weight is 469 g/mol. The Labute approximate surface area is 191 Å². The molecule has 9 heteroatoms. The van der Waals surface area contributed by atoms with E-state index in [-0.39, 0.29) is 54.1 Å². The normalized spacial score (nSPS) is 16.0. The number of hydrogen-bond donors (Lipinski definition) is 1. The number of rotatable bonds is 4. The van der Waals surface area contributed by atoms with Gasteiger partial charge in [0.1, 0.15) is 11.6 Å². The van der Waals surface area contributed by atoms with E-state index in [0.29, 0.717) is 16.7 Å². The predicted molar refractivity (Wildman–Crippen MR) is 118 cm³/mol. The Bertz CT molecular complexity index is 1380. The van der Waals surface area contributed by atoms with Gasteiger partial charge in [0.25, 0.3) is 5.91 Å². The molecule has 0 atom stereocenters. The number of fused-ring (bicyclic) bond motifs is 1. The molecule has 0 unspecified atom stereocenters. The molecule has 1 fully saturated rings. The number of pyridine rings is 1. The van der Waals surface area contributed by atoms with Crippen molar-refractivity contribution in [2.45, 2.75) is 37.5 Å². The summed E-state index contributed by atoms with van der Waals surface area (Å²) >= 11 is 0. The van der Waals surface area contributed by atoms with Crippen molar-refractivity contribution in [3.63, 3.8) is 0 Å². The molecule has 0 bridgehead atoms. The maximum atomic E-state index is 14.7. The standard InChI is InChI=1S/C25H19F4N3O2/c26-15-5-6-19(27)18(13-15)16-9-12-30-21(14-7-10-25(28,29)11-8-14)22(16)31-24(33)23-17-3-1-2-4-20(17)34-32-23/h1-6,9,12-14H,7-8,10-11H2,(H,31,33). The summed E-state index contributed by atoms with van der Waals surface area (Å²) in [5, 5.41) is 7.06. The summed E-state index contributed by atoms with van der Waals surface area (Å²) in [6, 6.07) is 11.2. The van der Waals surface area contributed by atoms with E-state index in [4.69, 9.17) is 4.52 Å². The van der Waals surface area contributed by atoms with Crippen molar-refractivity contribution in [2.75, 3.05) is 5.32 Å². The first-order valence-corrected chi connectivity index (χ1v) is 10.8. The third-order valence-electron chi connectivity index (χ3n) is 6.13. The van der Waals surface area contributed by atoms with Gasteiger partial charge in [-0.05, 0) is 49.2 Å². The molecule has 2 heterocycles. The fourth-order valence-corrected chi connectivity index (χ4v) is 4.38. The van der Waals surface area contributed by atoms with Crippen LogP contribution in [0, 0.1) is 11.6 Å². The molecule has 2 aromatic heterocycles. The smallest absolute Gasteiger partial charge is 0.278 e. The zero-order valence-electron chi connectivity index (χ0n) is 17.8. The lowest BCUT2D eigenvalue weighted by atomic mass is 9.83. The fourth-order valence-electron chi connectivity index (χ4n) is 4.38. The molecule has 1 N–H and O–H groups in total. The number of anilines is 1. The molecule has 1 aliphatic rings. The number of alkyl halides is 2. The number of benzene rings is 2. The molecule has 0 spiro atoms. The number of halogens is 4. The molecule has 5 nitrogen and oxygen atoms in total. The molecule has 174 valence electrons. The van der Waals surface area contributed by atoms with Gasteiger partial charge in [-0.15, -0.1) is 0 Å². The van der Waals surface area contributed by atoms with Crippen molar-refractivity contribution in [1.29, 1.82) is 0 Å². The molecule has 4 aromatic rings. The second-order valence-electron chi connectivity index (χ2n) is 8.35. The summed E-state index contributed by atoms with van der Waals surface area (Å²) in [6.07, 6.45) is 1.05. The largest absolute Gasteiger partial charge is 0.355 e. The van der Waals surface area contributed by atoms with E-state index >= 15 is 0 Å². The molecule has 1 aliphatic carbocycles. The third-order valence-corrected chi connectivity index (χ3v) is 6.13. The lowest BCUT2D eigenvalue weighted by molar-refractivity contribution is -0.0384. The minimum Gasteiger partial charge on any atom is -0.355 e. The van der Waals surface area contributed by atoms with Crippen LogP contribution in [0.2, 0.25) is 0 Å². The summed E-state index contributed by atoms with van der Waals surface area (Å²) in [5.41, 5.74) is 1.01. The highest BCUT2D eigenvalue weighted by Crippen LogP contribution is 2.44. The zero-order valence-corrected chi connectivity index (χ0v) is 17.8. The van der Waals surface area contributed by atoms with E-state index in [1.807, 2.05) is 0 Å². The fraction of sp³-hybridized carbons (Fsp3) is 0.240. The van der Waals surface area contributed by atoms with Crippen molar-refractivity contribution < 1.29 is 26.9 Å². The van der Waals surface area contributed by atoms with Gasteiger partial charge in [0.2, 0.25) is 5.92 Å². The molecule has 0 radical (unpaired) electrons. The quantitative estimate of drug-likeness (QED) is 0.337. The minimum absolute atomic E-state index is 0.00578. The molecular formula is C25H19F4N3O2. The molecular weight excluding hydrogens is 450 g/mol. The maximum Gasteiger partial charge on any atom is 0.278 e. The Morgan fingerprint density at radius 2 is 1.79 bits per heavy atom. The first-order valence-electron chi connectivity index (χ1n) is 10.8. The molecule has 2 aromatic carbocycles. The number of aromatic nitrogens is 2. The SMILES string of the molecule is O=C(Nc1c(-c2cc(F)ccc2F)ccnc1C1CCC(F)(F)CC1)c1noc2ccccc12. The Morgan fingerprint density at radius 3 is 2.59 bits per heavy atom. The molecule has 1 amide bonds. The number of nitrogens with zero attached hydrogens (tertiary/aromatic N) is 2. The van der Waals surface area contributed by atoms with Gasteiger partial charge in [-0.3, -0.25) is 9.78 Å². The van der Waals surface area contributed by atoms with Crippen LogP contribution in [-0.2, 0) is 0 Å². The van der Waals surface area contributed by atoms with Crippen LogP contribution >= 0.6 is 0 Å². The van der Waals surface area contributed by atoms with Crippen LogP contribution < -0.4 is 5.32 Å². The molecule has 1 saturated carbocycles. The summed E-state index contributed by atoms with van der Waals surface area (Å²) in [6.45, 7) is 0. The summed E-state index contributed by atoms with van der Waals surface area (Å²) in [4.78, 5) is 17.6. The monoisotopic (exact) mass is 469 g/mol. The van der Waals surface area contributed by atoms with Gasteiger partial charge in [0.05, 0.1) is 16.8 Å². The van der Waals surface area contributed by atoms with Crippen LogP contribution in [0.3, 0.4) is 0 Å². The molecule has 5 rings (SSSR count). The highest BCUT2D eigenvalue weighted by atomic mass is 19.3. The Kier molecular flexibility index (Phi) is 5.55. The number of carbonyl (C=O) groups excluding carboxylic acids is 1. The van der Waals surface area contributed by atoms with Crippen LogP contribution in [-0.4, -0.2) is 22.0 Å². The van der Waals surface area contributed by atoms with E-state index in [0.717, 1.165) is 18.2 Å². The van der Waals surface area contributed by atoms with E-state index in [1.165, 1.54) is 12.3 Å². The topological polar surface area (TPSA) is 68.0 Å². The Morgan fingerprint density at radius 1 is 1.03 bits per heavy atom. The van der Waals surface area contributed by atoms with Crippen molar-refractivity contribution in [2.24, 2.45) is 0 Å². The van der Waals surface area contributed by atoms with Gasteiger partial charge in [0.15, 0.2) is 11.3 Å². The van der Waals surface area contributed by atoms with Gasteiger partial charge >= 0.3 is 0 Å². The highest BCUT2D eigenvalue weighted by molar-refractivity contribution is 6.12. The van der Waals surface area contributed by atoms with E-state index in [2.05, 4.69) is 15.5 Å². The molecule has 0 aliphatic heterocycles. The van der Waals surface area contributed by atoms with Crippen LogP contribution in [0.4, 0.5) is 23.2 Å². The van der Waals surface area contributed by atoms with Gasteiger partial charge in [0, 0.05) is 36.1 Å². The molecule has 34 heavy (non-hydrogen) atoms. The van der Waals surface area contributed by atoms with Crippen LogP contribution in [0.5, 0.6) is 0 Å². The van der Waals surface area contributed by atoms with Crippen LogP contribution in [0.1, 0.15) is 47.8 Å². The van der Waals surface area contributed by atoms with Gasteiger partial charge in [-0.2, -0.15) is 0 Å². The summed E-state index contributed by atoms with van der Waals surface area (Å²) in [7, 11) is 0. The number of nitrogens with one attached hydrogen (secondary N) is 1.